The van der Waals surface area contributed by atoms with Crippen molar-refractivity contribution < 1.29 is 4.74 Å². The first-order valence-corrected chi connectivity index (χ1v) is 4.75. The molecule has 0 spiro atoms. The second kappa shape index (κ2) is 3.92. The Morgan fingerprint density at radius 1 is 1.33 bits per heavy atom. The largest absolute Gasteiger partial charge is 0.386 e. The SMILES string of the molecule is Cc1cc(Br)c(OC#N)c(Br)c1. The van der Waals surface area contributed by atoms with E-state index >= 15 is 0 Å². The van der Waals surface area contributed by atoms with E-state index in [-0.39, 0.29) is 0 Å². The van der Waals surface area contributed by atoms with Gasteiger partial charge >= 0.3 is 0 Å². The minimum absolute atomic E-state index is 0.517. The van der Waals surface area contributed by atoms with Crippen molar-refractivity contribution >= 4 is 31.9 Å². The summed E-state index contributed by atoms with van der Waals surface area (Å²) in [7, 11) is 0. The molecule has 1 aromatic carbocycles. The van der Waals surface area contributed by atoms with Crippen LogP contribution in [-0.4, -0.2) is 0 Å². The van der Waals surface area contributed by atoms with Gasteiger partial charge < -0.3 is 4.74 Å². The lowest BCUT2D eigenvalue weighted by atomic mass is 10.2. The molecule has 0 aliphatic rings. The van der Waals surface area contributed by atoms with Gasteiger partial charge in [-0.15, -0.1) is 5.26 Å². The van der Waals surface area contributed by atoms with Crippen LogP contribution >= 0.6 is 31.9 Å². The quantitative estimate of drug-likeness (QED) is 0.743. The number of hydrogen-bond acceptors (Lipinski definition) is 2. The van der Waals surface area contributed by atoms with E-state index in [0.29, 0.717) is 5.75 Å². The first-order valence-electron chi connectivity index (χ1n) is 3.16. The van der Waals surface area contributed by atoms with Crippen LogP contribution < -0.4 is 4.74 Å². The fraction of sp³-hybridized carbons (Fsp3) is 0.125. The maximum Gasteiger partial charge on any atom is 0.292 e. The number of benzene rings is 1. The average Bonchev–Trinajstić information content (AvgIpc) is 1.96. The van der Waals surface area contributed by atoms with Crippen molar-refractivity contribution in [1.29, 1.82) is 5.26 Å². The highest BCUT2D eigenvalue weighted by Crippen LogP contribution is 2.34. The normalized spacial score (nSPS) is 9.17. The molecule has 0 atom stereocenters. The van der Waals surface area contributed by atoms with Crippen molar-refractivity contribution in [3.8, 4) is 12.0 Å². The van der Waals surface area contributed by atoms with Crippen LogP contribution in [0.1, 0.15) is 5.56 Å². The summed E-state index contributed by atoms with van der Waals surface area (Å²) in [6.07, 6.45) is 1.63. The molecule has 12 heavy (non-hydrogen) atoms. The molecular formula is C8H5Br2NO. The Bertz CT molecular complexity index is 320. The highest BCUT2D eigenvalue weighted by atomic mass is 79.9. The maximum absolute atomic E-state index is 8.32. The van der Waals surface area contributed by atoms with Crippen LogP contribution in [0.15, 0.2) is 21.1 Å². The summed E-state index contributed by atoms with van der Waals surface area (Å²) < 4.78 is 6.28. The number of nitrogens with zero attached hydrogens (tertiary/aromatic N) is 1. The minimum atomic E-state index is 0.517. The van der Waals surface area contributed by atoms with E-state index in [2.05, 4.69) is 31.9 Å². The standard InChI is InChI=1S/C8H5Br2NO/c1-5-2-6(9)8(12-4-11)7(10)3-5/h2-3H,1H3. The molecule has 0 aliphatic carbocycles. The Morgan fingerprint density at radius 3 is 2.25 bits per heavy atom. The Hall–Kier alpha value is -0.530. The molecule has 0 saturated heterocycles. The second-order valence-corrected chi connectivity index (χ2v) is 3.96. The number of ether oxygens (including phenoxy) is 1. The molecule has 0 saturated carbocycles. The fourth-order valence-corrected chi connectivity index (χ4v) is 2.41. The second-order valence-electron chi connectivity index (χ2n) is 2.25. The molecule has 0 unspecified atom stereocenters. The van der Waals surface area contributed by atoms with E-state index in [9.17, 15) is 0 Å². The molecule has 0 heterocycles. The summed E-state index contributed by atoms with van der Waals surface area (Å²) in [5, 5.41) is 8.32. The van der Waals surface area contributed by atoms with Gasteiger partial charge in [0.25, 0.3) is 6.26 Å². The maximum atomic E-state index is 8.32. The van der Waals surface area contributed by atoms with Crippen LogP contribution in [0, 0.1) is 18.4 Å². The van der Waals surface area contributed by atoms with Crippen molar-refractivity contribution in [3.05, 3.63) is 26.6 Å². The van der Waals surface area contributed by atoms with Crippen LogP contribution in [-0.2, 0) is 0 Å². The summed E-state index contributed by atoms with van der Waals surface area (Å²) in [4.78, 5) is 0. The molecule has 1 rings (SSSR count). The van der Waals surface area contributed by atoms with Crippen LogP contribution in [0.3, 0.4) is 0 Å². The van der Waals surface area contributed by atoms with Gasteiger partial charge in [0.1, 0.15) is 0 Å². The van der Waals surface area contributed by atoms with Crippen molar-refractivity contribution in [1.82, 2.24) is 0 Å². The van der Waals surface area contributed by atoms with Crippen LogP contribution in [0.4, 0.5) is 0 Å². The van der Waals surface area contributed by atoms with Crippen molar-refractivity contribution in [2.45, 2.75) is 6.92 Å². The van der Waals surface area contributed by atoms with Gasteiger partial charge in [0.15, 0.2) is 5.75 Å². The van der Waals surface area contributed by atoms with E-state index < -0.39 is 0 Å². The van der Waals surface area contributed by atoms with Gasteiger partial charge in [0.2, 0.25) is 0 Å². The molecule has 0 aliphatic heterocycles. The third-order valence-electron chi connectivity index (χ3n) is 1.29. The lowest BCUT2D eigenvalue weighted by Gasteiger charge is -2.03. The Labute approximate surface area is 87.4 Å². The molecule has 0 N–H and O–H groups in total. The molecule has 0 aromatic heterocycles. The zero-order valence-electron chi connectivity index (χ0n) is 6.27. The molecule has 0 fully saturated rings. The number of rotatable bonds is 1. The predicted octanol–water partition coefficient (Wildman–Crippen LogP) is 3.38. The molecule has 0 radical (unpaired) electrons. The zero-order valence-corrected chi connectivity index (χ0v) is 9.44. The van der Waals surface area contributed by atoms with Gasteiger partial charge in [-0.3, -0.25) is 0 Å². The van der Waals surface area contributed by atoms with Crippen molar-refractivity contribution in [2.24, 2.45) is 0 Å². The van der Waals surface area contributed by atoms with Crippen molar-refractivity contribution in [2.75, 3.05) is 0 Å². The summed E-state index contributed by atoms with van der Waals surface area (Å²) in [5.74, 6) is 0.517. The van der Waals surface area contributed by atoms with Crippen molar-refractivity contribution in [3.63, 3.8) is 0 Å². The monoisotopic (exact) mass is 289 g/mol. The highest BCUT2D eigenvalue weighted by molar-refractivity contribution is 9.11. The van der Waals surface area contributed by atoms with Gasteiger partial charge in [-0.2, -0.15) is 0 Å². The van der Waals surface area contributed by atoms with Crippen LogP contribution in [0.2, 0.25) is 0 Å². The Morgan fingerprint density at radius 2 is 1.83 bits per heavy atom. The third kappa shape index (κ3) is 1.99. The number of hydrogen-bond donors (Lipinski definition) is 0. The Kier molecular flexibility index (Phi) is 3.12. The highest BCUT2D eigenvalue weighted by Gasteiger charge is 2.06. The first-order chi connectivity index (χ1) is 5.65. The Balaban J connectivity index is 3.21. The molecular weight excluding hydrogens is 286 g/mol. The third-order valence-corrected chi connectivity index (χ3v) is 2.47. The van der Waals surface area contributed by atoms with E-state index in [4.69, 9.17) is 10.00 Å². The number of nitriles is 1. The lowest BCUT2D eigenvalue weighted by molar-refractivity contribution is 0.500. The number of aryl methyl sites for hydroxylation is 1. The summed E-state index contributed by atoms with van der Waals surface area (Å²) in [6.45, 7) is 1.96. The minimum Gasteiger partial charge on any atom is -0.386 e. The number of halogens is 2. The smallest absolute Gasteiger partial charge is 0.292 e. The zero-order chi connectivity index (χ0) is 9.14. The van der Waals surface area contributed by atoms with Crippen LogP contribution in [0.5, 0.6) is 5.75 Å². The van der Waals surface area contributed by atoms with E-state index in [0.717, 1.165) is 14.5 Å². The molecule has 0 bridgehead atoms. The van der Waals surface area contributed by atoms with Gasteiger partial charge in [0, 0.05) is 0 Å². The predicted molar refractivity (Wildman–Crippen MR) is 52.8 cm³/mol. The molecule has 2 nitrogen and oxygen atoms in total. The van der Waals surface area contributed by atoms with E-state index in [1.807, 2.05) is 19.1 Å². The van der Waals surface area contributed by atoms with Gasteiger partial charge in [0.05, 0.1) is 8.95 Å². The first kappa shape index (κ1) is 9.56. The van der Waals surface area contributed by atoms with Gasteiger partial charge in [-0.1, -0.05) is 0 Å². The van der Waals surface area contributed by atoms with E-state index in [1.165, 1.54) is 0 Å². The lowest BCUT2D eigenvalue weighted by Crippen LogP contribution is -1.86. The molecule has 0 amide bonds. The van der Waals surface area contributed by atoms with Gasteiger partial charge in [-0.05, 0) is 56.5 Å². The topological polar surface area (TPSA) is 33.0 Å². The molecule has 62 valence electrons. The fourth-order valence-electron chi connectivity index (χ4n) is 0.830. The summed E-state index contributed by atoms with van der Waals surface area (Å²) in [6, 6.07) is 3.77. The van der Waals surface area contributed by atoms with E-state index in [1.54, 1.807) is 6.26 Å². The summed E-state index contributed by atoms with van der Waals surface area (Å²) in [5.41, 5.74) is 1.10. The molecule has 4 heteroatoms. The molecule has 1 aromatic rings. The van der Waals surface area contributed by atoms with Crippen LogP contribution in [0.25, 0.3) is 0 Å². The summed E-state index contributed by atoms with van der Waals surface area (Å²) >= 11 is 6.59. The van der Waals surface area contributed by atoms with Gasteiger partial charge in [-0.25, -0.2) is 0 Å². The average molecular weight is 291 g/mol.